The molecule has 0 unspecified atom stereocenters. The van der Waals surface area contributed by atoms with E-state index >= 15 is 0 Å². The van der Waals surface area contributed by atoms with Gasteiger partial charge in [-0.25, -0.2) is 27.7 Å². The molecule has 10 rings (SSSR count). The lowest BCUT2D eigenvalue weighted by Gasteiger charge is -2.32. The van der Waals surface area contributed by atoms with Crippen LogP contribution in [0.1, 0.15) is 0 Å². The van der Waals surface area contributed by atoms with Crippen molar-refractivity contribution in [1.29, 1.82) is 0 Å². The van der Waals surface area contributed by atoms with Gasteiger partial charge in [0.05, 0.1) is 27.3 Å². The van der Waals surface area contributed by atoms with Gasteiger partial charge >= 0.3 is 0 Å². The molecule has 7 nitrogen and oxygen atoms in total. The molecule has 0 amide bonds. The molecule has 0 radical (unpaired) electrons. The zero-order valence-electron chi connectivity index (χ0n) is 28.2. The van der Waals surface area contributed by atoms with Crippen molar-refractivity contribution < 1.29 is 8.42 Å². The van der Waals surface area contributed by atoms with Gasteiger partial charge in [-0.3, -0.25) is 0 Å². The molecule has 0 aliphatic carbocycles. The lowest BCUT2D eigenvalue weighted by Crippen LogP contribution is -2.30. The van der Waals surface area contributed by atoms with Crippen LogP contribution in [0.3, 0.4) is 0 Å². The summed E-state index contributed by atoms with van der Waals surface area (Å²) in [5.41, 5.74) is 8.10. The summed E-state index contributed by atoms with van der Waals surface area (Å²) in [4.78, 5) is 15.1. The third-order valence-corrected chi connectivity index (χ3v) is 11.6. The summed E-state index contributed by atoms with van der Waals surface area (Å²) in [5.74, 6) is 1.73. The molecule has 0 saturated carbocycles. The van der Waals surface area contributed by atoms with Crippen molar-refractivity contribution in [2.24, 2.45) is 0 Å². The zero-order chi connectivity index (χ0) is 35.5. The molecule has 0 N–H and O–H groups in total. The Hall–Kier alpha value is -6.90. The lowest BCUT2D eigenvalue weighted by molar-refractivity contribution is 0.596. The highest BCUT2D eigenvalue weighted by Crippen LogP contribution is 2.49. The van der Waals surface area contributed by atoms with Crippen LogP contribution < -0.4 is 4.31 Å². The molecule has 252 valence electrons. The van der Waals surface area contributed by atoms with Gasteiger partial charge in [0.1, 0.15) is 0 Å². The van der Waals surface area contributed by atoms with Crippen molar-refractivity contribution in [3.63, 3.8) is 0 Å². The van der Waals surface area contributed by atoms with Gasteiger partial charge in [0.25, 0.3) is 10.0 Å². The van der Waals surface area contributed by atoms with Crippen LogP contribution in [-0.2, 0) is 10.0 Å². The Morgan fingerprint density at radius 1 is 0.415 bits per heavy atom. The van der Waals surface area contributed by atoms with Crippen LogP contribution in [0.15, 0.2) is 181 Å². The largest absolute Gasteiger partial charge is 0.309 e. The molecule has 3 heterocycles. The second kappa shape index (κ2) is 12.1. The molecule has 0 saturated heterocycles. The lowest BCUT2D eigenvalue weighted by atomic mass is 9.99. The van der Waals surface area contributed by atoms with Gasteiger partial charge in [0.15, 0.2) is 17.5 Å². The number of fused-ring (bicyclic) bond motifs is 6. The SMILES string of the molecule is O=S1(=O)c2ccccc2-c2cc3c4ccccc4n(-c4cccc(-c5nc(-c6ccccc6)nc(-c6ccccc6)n5)c4)c3cc2N1c1ccccc1. The number of anilines is 2. The Kier molecular flexibility index (Phi) is 7.06. The fourth-order valence-corrected chi connectivity index (χ4v) is 9.08. The highest BCUT2D eigenvalue weighted by molar-refractivity contribution is 7.93. The van der Waals surface area contributed by atoms with Crippen LogP contribution >= 0.6 is 0 Å². The van der Waals surface area contributed by atoms with Crippen molar-refractivity contribution in [3.8, 4) is 51.0 Å². The van der Waals surface area contributed by atoms with E-state index in [-0.39, 0.29) is 4.90 Å². The molecule has 0 bridgehead atoms. The topological polar surface area (TPSA) is 81.0 Å². The fourth-order valence-electron chi connectivity index (χ4n) is 7.37. The summed E-state index contributed by atoms with van der Waals surface area (Å²) in [7, 11) is -3.92. The third-order valence-electron chi connectivity index (χ3n) is 9.76. The number of benzene rings is 7. The monoisotopic (exact) mass is 703 g/mol. The normalized spacial score (nSPS) is 13.2. The highest BCUT2D eigenvalue weighted by Gasteiger charge is 2.36. The average molecular weight is 704 g/mol. The van der Waals surface area contributed by atoms with Crippen LogP contribution in [0.25, 0.3) is 72.8 Å². The molecule has 8 heteroatoms. The Bertz CT molecular complexity index is 2910. The van der Waals surface area contributed by atoms with Gasteiger partial charge in [-0.1, -0.05) is 127 Å². The van der Waals surface area contributed by atoms with E-state index in [4.69, 9.17) is 15.0 Å². The minimum atomic E-state index is -3.92. The summed E-state index contributed by atoms with van der Waals surface area (Å²) in [6, 6.07) is 57.0. The Balaban J connectivity index is 1.21. The zero-order valence-corrected chi connectivity index (χ0v) is 29.0. The van der Waals surface area contributed by atoms with Gasteiger partial charge in [0.2, 0.25) is 0 Å². The van der Waals surface area contributed by atoms with Gasteiger partial charge in [-0.15, -0.1) is 0 Å². The van der Waals surface area contributed by atoms with E-state index in [1.807, 2.05) is 133 Å². The van der Waals surface area contributed by atoms with Crippen LogP contribution in [-0.4, -0.2) is 27.9 Å². The number of rotatable bonds is 5. The summed E-state index contributed by atoms with van der Waals surface area (Å²) in [6.07, 6.45) is 0. The van der Waals surface area contributed by atoms with Crippen molar-refractivity contribution in [1.82, 2.24) is 19.5 Å². The maximum absolute atomic E-state index is 14.4. The maximum atomic E-state index is 14.4. The fraction of sp³-hybridized carbons (Fsp3) is 0. The Morgan fingerprint density at radius 3 is 1.66 bits per heavy atom. The molecule has 2 aromatic heterocycles. The quantitative estimate of drug-likeness (QED) is 0.178. The number of hydrogen-bond donors (Lipinski definition) is 0. The predicted octanol–water partition coefficient (Wildman–Crippen LogP) is 10.5. The molecule has 0 fully saturated rings. The standard InChI is InChI=1S/C45H29N5O2S/c51-53(52)42-26-13-11-24-36(42)38-28-37-35-23-10-12-25-39(35)49(40(37)29-41(38)50(53)33-20-8-3-9-21-33)34-22-14-19-32(27-34)45-47-43(30-15-4-1-5-16-30)46-44(48-45)31-17-6-2-7-18-31/h1-29H. The van der Waals surface area contributed by atoms with Crippen LogP contribution in [0.2, 0.25) is 0 Å². The Morgan fingerprint density at radius 2 is 0.962 bits per heavy atom. The minimum absolute atomic E-state index is 0.286. The number of nitrogens with zero attached hydrogens (tertiary/aromatic N) is 5. The van der Waals surface area contributed by atoms with E-state index in [9.17, 15) is 8.42 Å². The summed E-state index contributed by atoms with van der Waals surface area (Å²) >= 11 is 0. The molecule has 0 spiro atoms. The van der Waals surface area contributed by atoms with Crippen LogP contribution in [0, 0.1) is 0 Å². The summed E-state index contributed by atoms with van der Waals surface area (Å²) < 4.78 is 32.5. The molecule has 0 atom stereocenters. The summed E-state index contributed by atoms with van der Waals surface area (Å²) in [5, 5.41) is 2.08. The van der Waals surface area contributed by atoms with Crippen LogP contribution in [0.5, 0.6) is 0 Å². The number of para-hydroxylation sites is 2. The summed E-state index contributed by atoms with van der Waals surface area (Å²) in [6.45, 7) is 0. The molecule has 1 aliphatic rings. The molecule has 9 aromatic rings. The smallest absolute Gasteiger partial charge is 0.269 e. The van der Waals surface area contributed by atoms with Crippen molar-refractivity contribution >= 4 is 43.2 Å². The van der Waals surface area contributed by atoms with E-state index < -0.39 is 10.0 Å². The first-order valence-corrected chi connectivity index (χ1v) is 18.7. The van der Waals surface area contributed by atoms with Gasteiger partial charge in [-0.05, 0) is 48.5 Å². The number of hydrogen-bond acceptors (Lipinski definition) is 5. The maximum Gasteiger partial charge on any atom is 0.269 e. The number of aromatic nitrogens is 4. The first kappa shape index (κ1) is 30.9. The third kappa shape index (κ3) is 5.03. The van der Waals surface area contributed by atoms with Crippen LogP contribution in [0.4, 0.5) is 11.4 Å². The van der Waals surface area contributed by atoms with Gasteiger partial charge in [0, 0.05) is 44.3 Å². The Labute approximate surface area is 306 Å². The first-order chi connectivity index (χ1) is 26.0. The minimum Gasteiger partial charge on any atom is -0.309 e. The van der Waals surface area contributed by atoms with Crippen molar-refractivity contribution in [2.45, 2.75) is 4.90 Å². The van der Waals surface area contributed by atoms with Crippen molar-refractivity contribution in [2.75, 3.05) is 4.31 Å². The first-order valence-electron chi connectivity index (χ1n) is 17.3. The molecular weight excluding hydrogens is 675 g/mol. The molecule has 53 heavy (non-hydrogen) atoms. The van der Waals surface area contributed by atoms with Gasteiger partial charge in [-0.2, -0.15) is 0 Å². The van der Waals surface area contributed by atoms with Gasteiger partial charge < -0.3 is 4.57 Å². The van der Waals surface area contributed by atoms with E-state index in [2.05, 4.69) is 34.9 Å². The second-order valence-electron chi connectivity index (χ2n) is 12.9. The van der Waals surface area contributed by atoms with E-state index in [0.29, 0.717) is 34.4 Å². The number of sulfonamides is 1. The molecule has 7 aromatic carbocycles. The van der Waals surface area contributed by atoms with E-state index in [1.165, 1.54) is 4.31 Å². The van der Waals surface area contributed by atoms with Crippen molar-refractivity contribution in [3.05, 3.63) is 176 Å². The highest BCUT2D eigenvalue weighted by atomic mass is 32.2. The molecular formula is C45H29N5O2S. The average Bonchev–Trinajstić information content (AvgIpc) is 3.54. The second-order valence-corrected chi connectivity index (χ2v) is 14.7. The predicted molar refractivity (Wildman–Crippen MR) is 212 cm³/mol. The van der Waals surface area contributed by atoms with E-state index in [0.717, 1.165) is 49.7 Å². The van der Waals surface area contributed by atoms with E-state index in [1.54, 1.807) is 12.1 Å². The molecule has 1 aliphatic heterocycles.